The Morgan fingerprint density at radius 2 is 0.886 bits per heavy atom. The van der Waals surface area contributed by atoms with Gasteiger partial charge in [-0.3, -0.25) is 0 Å². The molecule has 0 aliphatic heterocycles. The molecule has 13 aromatic rings. The summed E-state index contributed by atoms with van der Waals surface area (Å²) < 4.78 is 5.06. The van der Waals surface area contributed by atoms with Crippen molar-refractivity contribution in [2.45, 2.75) is 5.41 Å². The molecular formula is C67H42N2S. The molecule has 70 heavy (non-hydrogen) atoms. The van der Waals surface area contributed by atoms with E-state index in [0.717, 1.165) is 22.7 Å². The van der Waals surface area contributed by atoms with E-state index in [9.17, 15) is 0 Å². The summed E-state index contributed by atoms with van der Waals surface area (Å²) >= 11 is 1.90. The highest BCUT2D eigenvalue weighted by atomic mass is 32.1. The lowest BCUT2D eigenvalue weighted by Crippen LogP contribution is -2.26. The number of hydrogen-bond donors (Lipinski definition) is 0. The van der Waals surface area contributed by atoms with Crippen molar-refractivity contribution in [3.8, 4) is 50.2 Å². The highest BCUT2D eigenvalue weighted by molar-refractivity contribution is 7.26. The molecule has 15 rings (SSSR count). The number of benzene rings is 11. The Kier molecular flexibility index (Phi) is 8.48. The van der Waals surface area contributed by atoms with Gasteiger partial charge in [-0.05, 0) is 128 Å². The monoisotopic (exact) mass is 906 g/mol. The van der Waals surface area contributed by atoms with Crippen molar-refractivity contribution in [1.82, 2.24) is 4.57 Å². The second kappa shape index (κ2) is 15.1. The second-order valence-corrected chi connectivity index (χ2v) is 19.8. The molecule has 0 saturated heterocycles. The number of thiophene rings is 1. The smallest absolute Gasteiger partial charge is 0.0726 e. The fraction of sp³-hybridized carbons (Fsp3) is 0.0149. The number of hydrogen-bond acceptors (Lipinski definition) is 2. The molecule has 1 spiro atoms. The van der Waals surface area contributed by atoms with Crippen LogP contribution < -0.4 is 4.90 Å². The summed E-state index contributed by atoms with van der Waals surface area (Å²) in [5.41, 5.74) is 21.9. The molecule has 2 aromatic heterocycles. The van der Waals surface area contributed by atoms with Crippen LogP contribution in [0, 0.1) is 0 Å². The van der Waals surface area contributed by atoms with Crippen LogP contribution in [0.3, 0.4) is 0 Å². The topological polar surface area (TPSA) is 8.17 Å². The lowest BCUT2D eigenvalue weighted by Gasteiger charge is -2.32. The molecule has 2 aliphatic carbocycles. The third kappa shape index (κ3) is 5.49. The largest absolute Gasteiger partial charge is 0.310 e. The maximum absolute atomic E-state index is 2.50. The quantitative estimate of drug-likeness (QED) is 0.161. The molecule has 0 bridgehead atoms. The van der Waals surface area contributed by atoms with Gasteiger partial charge >= 0.3 is 0 Å². The summed E-state index contributed by atoms with van der Waals surface area (Å²) in [6, 6.07) is 94.7. The van der Waals surface area contributed by atoms with Gasteiger partial charge in [-0.25, -0.2) is 0 Å². The summed E-state index contributed by atoms with van der Waals surface area (Å²) in [4.78, 5) is 2.48. The van der Waals surface area contributed by atoms with Gasteiger partial charge in [0, 0.05) is 59.3 Å². The molecule has 326 valence electrons. The van der Waals surface area contributed by atoms with Crippen molar-refractivity contribution in [2.24, 2.45) is 0 Å². The zero-order valence-corrected chi connectivity index (χ0v) is 38.9. The Balaban J connectivity index is 0.977. The third-order valence-electron chi connectivity index (χ3n) is 15.2. The molecule has 3 heteroatoms. The van der Waals surface area contributed by atoms with Gasteiger partial charge in [0.15, 0.2) is 0 Å². The van der Waals surface area contributed by atoms with Crippen LogP contribution in [0.4, 0.5) is 17.1 Å². The second-order valence-electron chi connectivity index (χ2n) is 18.7. The summed E-state index contributed by atoms with van der Waals surface area (Å²) in [5.74, 6) is 0. The first kappa shape index (κ1) is 39.3. The zero-order valence-electron chi connectivity index (χ0n) is 38.1. The number of aromatic nitrogens is 1. The van der Waals surface area contributed by atoms with E-state index in [2.05, 4.69) is 264 Å². The predicted molar refractivity (Wildman–Crippen MR) is 296 cm³/mol. The van der Waals surface area contributed by atoms with Gasteiger partial charge in [0.05, 0.1) is 16.4 Å². The van der Waals surface area contributed by atoms with Crippen LogP contribution >= 0.6 is 11.3 Å². The molecule has 2 nitrogen and oxygen atoms in total. The van der Waals surface area contributed by atoms with Gasteiger partial charge in [-0.1, -0.05) is 188 Å². The zero-order chi connectivity index (χ0) is 45.9. The number of rotatable bonds is 6. The third-order valence-corrected chi connectivity index (χ3v) is 16.4. The SMILES string of the molecule is c1ccc(-c2ccc(N(c3cccc(-c4cc5c6ccccc6n(-c6ccccc6)c5c5c4sc4ccccc45)c3)c3ccc4c(c3)C3(c5ccccc5-c5ccccc53)c3ccccc3-4)cc2)cc1. The van der Waals surface area contributed by atoms with E-state index in [1.165, 1.54) is 109 Å². The summed E-state index contributed by atoms with van der Waals surface area (Å²) in [6.07, 6.45) is 0. The van der Waals surface area contributed by atoms with Gasteiger partial charge in [0.1, 0.15) is 0 Å². The molecule has 0 N–H and O–H groups in total. The number of para-hydroxylation sites is 2. The van der Waals surface area contributed by atoms with Crippen molar-refractivity contribution in [2.75, 3.05) is 4.90 Å². The molecule has 0 unspecified atom stereocenters. The van der Waals surface area contributed by atoms with E-state index < -0.39 is 5.41 Å². The molecule has 0 atom stereocenters. The van der Waals surface area contributed by atoms with E-state index in [1.54, 1.807) is 0 Å². The van der Waals surface area contributed by atoms with Gasteiger partial charge in [0.25, 0.3) is 0 Å². The van der Waals surface area contributed by atoms with Crippen molar-refractivity contribution in [3.63, 3.8) is 0 Å². The summed E-state index contributed by atoms with van der Waals surface area (Å²) in [7, 11) is 0. The molecule has 0 fully saturated rings. The highest BCUT2D eigenvalue weighted by Crippen LogP contribution is 2.63. The van der Waals surface area contributed by atoms with Crippen LogP contribution in [0.2, 0.25) is 0 Å². The lowest BCUT2D eigenvalue weighted by molar-refractivity contribution is 0.793. The minimum absolute atomic E-state index is 0.457. The van der Waals surface area contributed by atoms with Crippen molar-refractivity contribution < 1.29 is 0 Å². The normalized spacial score (nSPS) is 13.0. The van der Waals surface area contributed by atoms with Crippen molar-refractivity contribution in [1.29, 1.82) is 0 Å². The number of anilines is 3. The average molecular weight is 907 g/mol. The maximum atomic E-state index is 2.50. The minimum atomic E-state index is -0.457. The van der Waals surface area contributed by atoms with Crippen LogP contribution in [0.15, 0.2) is 255 Å². The van der Waals surface area contributed by atoms with Crippen LogP contribution in [0.1, 0.15) is 22.3 Å². The average Bonchev–Trinajstić information content (AvgIpc) is 4.16. The minimum Gasteiger partial charge on any atom is -0.310 e. The Labute approximate surface area is 410 Å². The fourth-order valence-corrected chi connectivity index (χ4v) is 13.6. The van der Waals surface area contributed by atoms with E-state index >= 15 is 0 Å². The van der Waals surface area contributed by atoms with Crippen molar-refractivity contribution >= 4 is 70.4 Å². The number of nitrogens with zero attached hydrogens (tertiary/aromatic N) is 2. The van der Waals surface area contributed by atoms with E-state index in [-0.39, 0.29) is 0 Å². The molecule has 11 aromatic carbocycles. The van der Waals surface area contributed by atoms with E-state index in [4.69, 9.17) is 0 Å². The Hall–Kier alpha value is -8.76. The van der Waals surface area contributed by atoms with Crippen LogP contribution in [0.5, 0.6) is 0 Å². The van der Waals surface area contributed by atoms with Crippen LogP contribution in [0.25, 0.3) is 92.2 Å². The first-order valence-corrected chi connectivity index (χ1v) is 25.0. The van der Waals surface area contributed by atoms with Crippen LogP contribution in [-0.4, -0.2) is 4.57 Å². The first-order valence-electron chi connectivity index (χ1n) is 24.2. The summed E-state index contributed by atoms with van der Waals surface area (Å²) in [5, 5.41) is 5.09. The standard InChI is InChI=1S/C67H42N2S/c1-3-18-43(19-4-1)44-34-36-47(37-35-44)68(49-38-39-53-52-26-9-14-31-60(52)67(61(53)41-49)58-29-12-7-24-50(58)51-25-8-13-30-59(51)67)48-23-17-20-45(40-48)56-42-57-54-27-10-15-32-62(54)69(46-21-5-2-6-22-46)65(57)64-55-28-11-16-33-63(55)70-66(56)64/h1-42H. The van der Waals surface area contributed by atoms with Crippen molar-refractivity contribution in [3.05, 3.63) is 277 Å². The molecule has 0 saturated carbocycles. The highest BCUT2D eigenvalue weighted by Gasteiger charge is 2.51. The van der Waals surface area contributed by atoms with Gasteiger partial charge in [0.2, 0.25) is 0 Å². The maximum Gasteiger partial charge on any atom is 0.0726 e. The predicted octanol–water partition coefficient (Wildman–Crippen LogP) is 18.3. The molecule has 0 radical (unpaired) electrons. The first-order chi connectivity index (χ1) is 34.7. The molecular weight excluding hydrogens is 865 g/mol. The Bertz CT molecular complexity index is 4170. The molecule has 2 aliphatic rings. The van der Waals surface area contributed by atoms with Gasteiger partial charge < -0.3 is 9.47 Å². The Morgan fingerprint density at radius 3 is 1.60 bits per heavy atom. The number of fused-ring (bicyclic) bond motifs is 17. The van der Waals surface area contributed by atoms with E-state index in [0.29, 0.717) is 0 Å². The van der Waals surface area contributed by atoms with Gasteiger partial charge in [-0.2, -0.15) is 0 Å². The molecule has 2 heterocycles. The van der Waals surface area contributed by atoms with E-state index in [1.807, 2.05) is 11.3 Å². The fourth-order valence-electron chi connectivity index (χ4n) is 12.3. The van der Waals surface area contributed by atoms with Crippen LogP contribution in [-0.2, 0) is 5.41 Å². The van der Waals surface area contributed by atoms with Gasteiger partial charge in [-0.15, -0.1) is 11.3 Å². The summed E-state index contributed by atoms with van der Waals surface area (Å²) in [6.45, 7) is 0. The molecule has 0 amide bonds. The Morgan fingerprint density at radius 1 is 0.343 bits per heavy atom. The lowest BCUT2D eigenvalue weighted by atomic mass is 9.70.